The molecule has 0 fully saturated rings. The summed E-state index contributed by atoms with van der Waals surface area (Å²) in [6.45, 7) is 1.41. The van der Waals surface area contributed by atoms with Gasteiger partial charge < -0.3 is 15.0 Å². The van der Waals surface area contributed by atoms with Crippen LogP contribution in [0.25, 0.3) is 0 Å². The minimum absolute atomic E-state index is 0.0307. The van der Waals surface area contributed by atoms with Crippen molar-refractivity contribution in [2.45, 2.75) is 19.0 Å². The summed E-state index contributed by atoms with van der Waals surface area (Å²) in [5.41, 5.74) is 6.02. The fourth-order valence-corrected chi connectivity index (χ4v) is 1.78. The Morgan fingerprint density at radius 2 is 2.47 bits per heavy atom. The predicted octanol–water partition coefficient (Wildman–Crippen LogP) is 0.677. The zero-order valence-corrected chi connectivity index (χ0v) is 10.0. The van der Waals surface area contributed by atoms with Crippen molar-refractivity contribution in [1.82, 2.24) is 14.8 Å². The van der Waals surface area contributed by atoms with Gasteiger partial charge >= 0.3 is 0 Å². The van der Waals surface area contributed by atoms with Crippen molar-refractivity contribution in [2.75, 3.05) is 25.7 Å². The summed E-state index contributed by atoms with van der Waals surface area (Å²) >= 11 is 1.79. The summed E-state index contributed by atoms with van der Waals surface area (Å²) in [7, 11) is 1.68. The zero-order valence-electron chi connectivity index (χ0n) is 9.22. The molecule has 0 unspecified atom stereocenters. The Hall–Kier alpha value is -0.590. The maximum absolute atomic E-state index is 6.02. The van der Waals surface area contributed by atoms with Gasteiger partial charge in [0, 0.05) is 13.7 Å². The van der Waals surface area contributed by atoms with Crippen molar-refractivity contribution in [3.05, 3.63) is 12.2 Å². The molecule has 0 spiro atoms. The lowest BCUT2D eigenvalue weighted by molar-refractivity contribution is 0.185. The number of nitrogens with two attached hydrogens (primary N) is 1. The molecule has 0 bridgehead atoms. The second-order valence-electron chi connectivity index (χ2n) is 3.26. The highest BCUT2D eigenvalue weighted by Gasteiger charge is 2.12. The Morgan fingerprint density at radius 1 is 1.67 bits per heavy atom. The van der Waals surface area contributed by atoms with Gasteiger partial charge in [0.1, 0.15) is 12.2 Å². The molecule has 5 nitrogen and oxygen atoms in total. The van der Waals surface area contributed by atoms with E-state index in [4.69, 9.17) is 10.5 Å². The van der Waals surface area contributed by atoms with Gasteiger partial charge in [-0.2, -0.15) is 11.8 Å². The number of methoxy groups -OCH3 is 1. The summed E-state index contributed by atoms with van der Waals surface area (Å²) in [4.78, 5) is 0. The average Bonchev–Trinajstić information content (AvgIpc) is 2.71. The van der Waals surface area contributed by atoms with E-state index in [0.29, 0.717) is 6.61 Å². The van der Waals surface area contributed by atoms with Crippen molar-refractivity contribution < 1.29 is 4.74 Å². The molecule has 0 aliphatic carbocycles. The van der Waals surface area contributed by atoms with Crippen molar-refractivity contribution in [1.29, 1.82) is 0 Å². The van der Waals surface area contributed by atoms with Gasteiger partial charge in [-0.05, 0) is 18.4 Å². The molecule has 6 heteroatoms. The maximum Gasteiger partial charge on any atom is 0.149 e. The normalized spacial score (nSPS) is 13.0. The van der Waals surface area contributed by atoms with E-state index in [1.54, 1.807) is 25.2 Å². The van der Waals surface area contributed by atoms with Crippen molar-refractivity contribution >= 4 is 11.8 Å². The highest BCUT2D eigenvalue weighted by molar-refractivity contribution is 7.98. The molecule has 0 aliphatic rings. The molecule has 0 amide bonds. The Bertz CT molecular complexity index is 279. The third-order valence-corrected chi connectivity index (χ3v) is 2.79. The summed E-state index contributed by atoms with van der Waals surface area (Å²) in [6, 6.07) is -0.0307. The molecule has 1 aromatic rings. The van der Waals surface area contributed by atoms with Gasteiger partial charge in [0.15, 0.2) is 0 Å². The van der Waals surface area contributed by atoms with E-state index in [1.165, 1.54) is 0 Å². The van der Waals surface area contributed by atoms with Gasteiger partial charge in [-0.15, -0.1) is 10.2 Å². The van der Waals surface area contributed by atoms with Gasteiger partial charge in [0.25, 0.3) is 0 Å². The summed E-state index contributed by atoms with van der Waals surface area (Å²) in [5, 5.41) is 7.92. The highest BCUT2D eigenvalue weighted by Crippen LogP contribution is 2.13. The molecule has 86 valence electrons. The first kappa shape index (κ1) is 12.5. The minimum Gasteiger partial charge on any atom is -0.383 e. The van der Waals surface area contributed by atoms with Gasteiger partial charge in [-0.1, -0.05) is 0 Å². The van der Waals surface area contributed by atoms with E-state index in [1.807, 2.05) is 4.57 Å². The molecule has 1 aromatic heterocycles. The molecular formula is C9H18N4OS. The van der Waals surface area contributed by atoms with Crippen LogP contribution in [0.15, 0.2) is 6.33 Å². The molecule has 0 saturated heterocycles. The van der Waals surface area contributed by atoms with Gasteiger partial charge in [0.05, 0.1) is 12.6 Å². The van der Waals surface area contributed by atoms with Crippen molar-refractivity contribution in [3.63, 3.8) is 0 Å². The fourth-order valence-electron chi connectivity index (χ4n) is 1.29. The van der Waals surface area contributed by atoms with Crippen LogP contribution in [0.3, 0.4) is 0 Å². The molecule has 1 heterocycles. The minimum atomic E-state index is -0.0307. The second kappa shape index (κ2) is 6.81. The van der Waals surface area contributed by atoms with Crippen LogP contribution in [0.1, 0.15) is 18.3 Å². The van der Waals surface area contributed by atoms with Crippen LogP contribution in [0.2, 0.25) is 0 Å². The Balaban J connectivity index is 2.54. The summed E-state index contributed by atoms with van der Waals surface area (Å²) < 4.78 is 6.96. The average molecular weight is 230 g/mol. The van der Waals surface area contributed by atoms with E-state index < -0.39 is 0 Å². The van der Waals surface area contributed by atoms with E-state index in [-0.39, 0.29) is 6.04 Å². The molecule has 0 saturated carbocycles. The fraction of sp³-hybridized carbons (Fsp3) is 0.778. The smallest absolute Gasteiger partial charge is 0.149 e. The van der Waals surface area contributed by atoms with Crippen LogP contribution >= 0.6 is 11.8 Å². The molecule has 0 radical (unpaired) electrons. The van der Waals surface area contributed by atoms with E-state index in [9.17, 15) is 0 Å². The number of hydrogen-bond acceptors (Lipinski definition) is 5. The Labute approximate surface area is 94.4 Å². The number of ether oxygens (including phenoxy) is 1. The Morgan fingerprint density at radius 3 is 3.13 bits per heavy atom. The van der Waals surface area contributed by atoms with Crippen LogP contribution in [-0.2, 0) is 11.3 Å². The van der Waals surface area contributed by atoms with Crippen molar-refractivity contribution in [3.8, 4) is 0 Å². The first-order chi connectivity index (χ1) is 7.29. The topological polar surface area (TPSA) is 66.0 Å². The largest absolute Gasteiger partial charge is 0.383 e. The SMILES string of the molecule is COCCn1cnnc1[C@@H](N)CCSC. The van der Waals surface area contributed by atoms with E-state index >= 15 is 0 Å². The third kappa shape index (κ3) is 3.81. The zero-order chi connectivity index (χ0) is 11.1. The number of nitrogens with zero attached hydrogens (tertiary/aromatic N) is 3. The number of hydrogen-bond donors (Lipinski definition) is 1. The highest BCUT2D eigenvalue weighted by atomic mass is 32.2. The molecule has 1 rings (SSSR count). The predicted molar refractivity (Wildman–Crippen MR) is 61.8 cm³/mol. The molecule has 0 aliphatic heterocycles. The number of rotatable bonds is 7. The molecule has 2 N–H and O–H groups in total. The van der Waals surface area contributed by atoms with Crippen molar-refractivity contribution in [2.24, 2.45) is 5.73 Å². The van der Waals surface area contributed by atoms with E-state index in [0.717, 1.165) is 24.5 Å². The molecule has 1 atom stereocenters. The van der Waals surface area contributed by atoms with Gasteiger partial charge in [-0.25, -0.2) is 0 Å². The molecular weight excluding hydrogens is 212 g/mol. The lowest BCUT2D eigenvalue weighted by atomic mass is 10.2. The Kier molecular flexibility index (Phi) is 5.67. The van der Waals surface area contributed by atoms with Crippen LogP contribution < -0.4 is 5.73 Å². The molecule has 0 aromatic carbocycles. The monoisotopic (exact) mass is 230 g/mol. The van der Waals surface area contributed by atoms with Crippen LogP contribution in [0.5, 0.6) is 0 Å². The second-order valence-corrected chi connectivity index (χ2v) is 4.25. The molecule has 15 heavy (non-hydrogen) atoms. The van der Waals surface area contributed by atoms with Gasteiger partial charge in [-0.3, -0.25) is 0 Å². The summed E-state index contributed by atoms with van der Waals surface area (Å²) in [6.07, 6.45) is 4.70. The lowest BCUT2D eigenvalue weighted by Gasteiger charge is -2.11. The maximum atomic E-state index is 6.02. The van der Waals surface area contributed by atoms with Crippen LogP contribution in [0, 0.1) is 0 Å². The first-order valence-corrected chi connectivity index (χ1v) is 6.30. The lowest BCUT2D eigenvalue weighted by Crippen LogP contribution is -2.18. The van der Waals surface area contributed by atoms with E-state index in [2.05, 4.69) is 16.5 Å². The van der Waals surface area contributed by atoms with Crippen LogP contribution in [-0.4, -0.2) is 40.5 Å². The van der Waals surface area contributed by atoms with Crippen LogP contribution in [0.4, 0.5) is 0 Å². The summed E-state index contributed by atoms with van der Waals surface area (Å²) in [5.74, 6) is 1.89. The first-order valence-electron chi connectivity index (χ1n) is 4.90. The number of thioether (sulfide) groups is 1. The third-order valence-electron chi connectivity index (χ3n) is 2.15. The standard InChI is InChI=1S/C9H18N4OS/c1-14-5-4-13-7-11-12-9(13)8(10)3-6-15-2/h7-8H,3-6,10H2,1-2H3/t8-/m0/s1. The number of aromatic nitrogens is 3. The van der Waals surface area contributed by atoms with Gasteiger partial charge in [0.2, 0.25) is 0 Å². The quantitative estimate of drug-likeness (QED) is 0.746.